The number of benzene rings is 1. The highest BCUT2D eigenvalue weighted by atomic mass is 16.5. The third-order valence-corrected chi connectivity index (χ3v) is 4.00. The van der Waals surface area contributed by atoms with Gasteiger partial charge in [-0.05, 0) is 24.9 Å². The molecule has 7 nitrogen and oxygen atoms in total. The molecule has 7 heteroatoms. The van der Waals surface area contributed by atoms with E-state index in [0.717, 1.165) is 24.9 Å². The predicted octanol–water partition coefficient (Wildman–Crippen LogP) is 0.733. The van der Waals surface area contributed by atoms with E-state index < -0.39 is 0 Å². The van der Waals surface area contributed by atoms with Crippen molar-refractivity contribution in [3.05, 3.63) is 47.6 Å². The van der Waals surface area contributed by atoms with Crippen molar-refractivity contribution < 1.29 is 14.4 Å². The molecule has 1 atom stereocenters. The first kappa shape index (κ1) is 16.6. The lowest BCUT2D eigenvalue weighted by atomic mass is 10.1. The van der Waals surface area contributed by atoms with Crippen LogP contribution in [0.1, 0.15) is 30.1 Å². The molecule has 128 valence electrons. The van der Waals surface area contributed by atoms with Gasteiger partial charge in [0.2, 0.25) is 11.8 Å². The summed E-state index contributed by atoms with van der Waals surface area (Å²) in [5.74, 6) is 0.893. The maximum absolute atomic E-state index is 12.0. The number of amides is 1. The third-order valence-electron chi connectivity index (χ3n) is 4.00. The number of hydrogen-bond acceptors (Lipinski definition) is 6. The molecule has 1 fully saturated rings. The van der Waals surface area contributed by atoms with Gasteiger partial charge in [0.05, 0.1) is 19.2 Å². The molecule has 1 amide bonds. The van der Waals surface area contributed by atoms with E-state index in [1.807, 2.05) is 35.2 Å². The number of β-amino-alcohol motifs (C(OH)–C–C–N with tert-alkyl or cyclic N) is 1. The molecular formula is C17H22N4O3. The molecule has 1 aromatic heterocycles. The second kappa shape index (κ2) is 8.03. The molecule has 0 spiro atoms. The zero-order valence-corrected chi connectivity index (χ0v) is 13.5. The van der Waals surface area contributed by atoms with Crippen LogP contribution in [0.25, 0.3) is 0 Å². The SMILES string of the molecule is O=C(CN1CCC[C@@H](O)C1)NCc1nc(Cc2ccccc2)no1. The number of aromatic nitrogens is 2. The Bertz CT molecular complexity index is 659. The Morgan fingerprint density at radius 2 is 2.21 bits per heavy atom. The summed E-state index contributed by atoms with van der Waals surface area (Å²) in [4.78, 5) is 18.2. The number of hydrogen-bond donors (Lipinski definition) is 2. The van der Waals surface area contributed by atoms with E-state index in [0.29, 0.717) is 24.7 Å². The van der Waals surface area contributed by atoms with Crippen molar-refractivity contribution in [3.8, 4) is 0 Å². The largest absolute Gasteiger partial charge is 0.392 e. The number of carbonyl (C=O) groups is 1. The summed E-state index contributed by atoms with van der Waals surface area (Å²) >= 11 is 0. The Morgan fingerprint density at radius 1 is 1.38 bits per heavy atom. The van der Waals surface area contributed by atoms with Crippen molar-refractivity contribution in [2.45, 2.75) is 31.9 Å². The van der Waals surface area contributed by atoms with Crippen LogP contribution in [0, 0.1) is 0 Å². The van der Waals surface area contributed by atoms with Gasteiger partial charge in [0.25, 0.3) is 0 Å². The minimum atomic E-state index is -0.331. The van der Waals surface area contributed by atoms with Crippen molar-refractivity contribution in [1.82, 2.24) is 20.4 Å². The Kier molecular flexibility index (Phi) is 5.55. The number of nitrogens with zero attached hydrogens (tertiary/aromatic N) is 3. The van der Waals surface area contributed by atoms with Crippen LogP contribution in [-0.4, -0.2) is 51.8 Å². The molecule has 24 heavy (non-hydrogen) atoms. The van der Waals surface area contributed by atoms with Gasteiger partial charge in [-0.1, -0.05) is 35.5 Å². The molecule has 1 aliphatic rings. The zero-order valence-electron chi connectivity index (χ0n) is 13.5. The van der Waals surface area contributed by atoms with Crippen LogP contribution in [0.4, 0.5) is 0 Å². The molecule has 0 bridgehead atoms. The molecule has 1 aromatic carbocycles. The molecule has 0 unspecified atom stereocenters. The minimum absolute atomic E-state index is 0.105. The Balaban J connectivity index is 1.44. The van der Waals surface area contributed by atoms with Crippen molar-refractivity contribution in [1.29, 1.82) is 0 Å². The topological polar surface area (TPSA) is 91.5 Å². The fourth-order valence-electron chi connectivity index (χ4n) is 2.82. The van der Waals surface area contributed by atoms with E-state index in [1.165, 1.54) is 0 Å². The molecular weight excluding hydrogens is 308 g/mol. The lowest BCUT2D eigenvalue weighted by Gasteiger charge is -2.29. The van der Waals surface area contributed by atoms with Crippen LogP contribution in [0.5, 0.6) is 0 Å². The van der Waals surface area contributed by atoms with Crippen LogP contribution in [0.15, 0.2) is 34.9 Å². The van der Waals surface area contributed by atoms with Gasteiger partial charge in [-0.15, -0.1) is 0 Å². The first-order chi connectivity index (χ1) is 11.7. The highest BCUT2D eigenvalue weighted by Crippen LogP contribution is 2.09. The van der Waals surface area contributed by atoms with Crippen molar-refractivity contribution in [2.24, 2.45) is 0 Å². The molecule has 3 rings (SSSR count). The fourth-order valence-corrected chi connectivity index (χ4v) is 2.82. The molecule has 2 heterocycles. The quantitative estimate of drug-likeness (QED) is 0.811. The van der Waals surface area contributed by atoms with Crippen LogP contribution >= 0.6 is 0 Å². The van der Waals surface area contributed by atoms with E-state index in [4.69, 9.17) is 4.52 Å². The van der Waals surface area contributed by atoms with E-state index in [9.17, 15) is 9.90 Å². The van der Waals surface area contributed by atoms with Crippen molar-refractivity contribution in [2.75, 3.05) is 19.6 Å². The Morgan fingerprint density at radius 3 is 3.00 bits per heavy atom. The second-order valence-electron chi connectivity index (χ2n) is 6.07. The van der Waals surface area contributed by atoms with Crippen molar-refractivity contribution in [3.63, 3.8) is 0 Å². The van der Waals surface area contributed by atoms with E-state index in [-0.39, 0.29) is 25.1 Å². The average Bonchev–Trinajstić information content (AvgIpc) is 3.01. The summed E-state index contributed by atoms with van der Waals surface area (Å²) in [6, 6.07) is 9.90. The van der Waals surface area contributed by atoms with Gasteiger partial charge < -0.3 is 14.9 Å². The number of carbonyl (C=O) groups excluding carboxylic acids is 1. The highest BCUT2D eigenvalue weighted by molar-refractivity contribution is 5.77. The molecule has 1 saturated heterocycles. The van der Waals surface area contributed by atoms with Crippen LogP contribution in [0.3, 0.4) is 0 Å². The number of nitrogens with one attached hydrogen (secondary N) is 1. The predicted molar refractivity (Wildman–Crippen MR) is 87.1 cm³/mol. The van der Waals surface area contributed by atoms with Gasteiger partial charge in [0, 0.05) is 13.0 Å². The maximum atomic E-state index is 12.0. The number of piperidine rings is 1. The standard InChI is InChI=1S/C17H22N4O3/c22-14-7-4-8-21(11-14)12-16(23)18-10-17-19-15(20-24-17)9-13-5-2-1-3-6-13/h1-3,5-6,14,22H,4,7-12H2,(H,18,23)/t14-/m1/s1. The summed E-state index contributed by atoms with van der Waals surface area (Å²) in [6.45, 7) is 1.89. The van der Waals surface area contributed by atoms with Crippen LogP contribution < -0.4 is 5.32 Å². The Hall–Kier alpha value is -2.25. The second-order valence-corrected chi connectivity index (χ2v) is 6.07. The summed E-state index contributed by atoms with van der Waals surface area (Å²) in [5.41, 5.74) is 1.11. The molecule has 1 aliphatic heterocycles. The molecule has 0 saturated carbocycles. The number of rotatable bonds is 6. The van der Waals surface area contributed by atoms with E-state index in [1.54, 1.807) is 0 Å². The summed E-state index contributed by atoms with van der Waals surface area (Å²) < 4.78 is 5.16. The van der Waals surface area contributed by atoms with Gasteiger partial charge in [-0.25, -0.2) is 0 Å². The number of aliphatic hydroxyl groups excluding tert-OH is 1. The summed E-state index contributed by atoms with van der Waals surface area (Å²) in [7, 11) is 0. The lowest BCUT2D eigenvalue weighted by molar-refractivity contribution is -0.123. The zero-order chi connectivity index (χ0) is 16.8. The lowest BCUT2D eigenvalue weighted by Crippen LogP contribution is -2.44. The normalized spacial score (nSPS) is 18.5. The maximum Gasteiger partial charge on any atom is 0.246 e. The van der Waals surface area contributed by atoms with Gasteiger partial charge in [-0.3, -0.25) is 9.69 Å². The smallest absolute Gasteiger partial charge is 0.246 e. The van der Waals surface area contributed by atoms with Crippen LogP contribution in [0.2, 0.25) is 0 Å². The first-order valence-electron chi connectivity index (χ1n) is 8.21. The third kappa shape index (κ3) is 4.87. The number of aliphatic hydroxyl groups is 1. The average molecular weight is 330 g/mol. The Labute approximate surface area is 140 Å². The fraction of sp³-hybridized carbons (Fsp3) is 0.471. The minimum Gasteiger partial charge on any atom is -0.392 e. The summed E-state index contributed by atoms with van der Waals surface area (Å²) in [6.07, 6.45) is 2.00. The molecule has 0 aliphatic carbocycles. The van der Waals surface area contributed by atoms with Gasteiger partial charge in [0.1, 0.15) is 0 Å². The molecule has 2 N–H and O–H groups in total. The highest BCUT2D eigenvalue weighted by Gasteiger charge is 2.19. The summed E-state index contributed by atoms with van der Waals surface area (Å²) in [5, 5.41) is 16.3. The van der Waals surface area contributed by atoms with Crippen molar-refractivity contribution >= 4 is 5.91 Å². The van der Waals surface area contributed by atoms with E-state index >= 15 is 0 Å². The van der Waals surface area contributed by atoms with Gasteiger partial charge >= 0.3 is 0 Å². The monoisotopic (exact) mass is 330 g/mol. The van der Waals surface area contributed by atoms with Crippen LogP contribution in [-0.2, 0) is 17.8 Å². The molecule has 0 radical (unpaired) electrons. The van der Waals surface area contributed by atoms with Gasteiger partial charge in [-0.2, -0.15) is 4.98 Å². The van der Waals surface area contributed by atoms with Gasteiger partial charge in [0.15, 0.2) is 5.82 Å². The number of likely N-dealkylation sites (tertiary alicyclic amines) is 1. The molecule has 2 aromatic rings. The first-order valence-corrected chi connectivity index (χ1v) is 8.21. The van der Waals surface area contributed by atoms with E-state index in [2.05, 4.69) is 15.5 Å².